The average molecular weight is 279 g/mol. The van der Waals surface area contributed by atoms with Gasteiger partial charge in [-0.3, -0.25) is 0 Å². The summed E-state index contributed by atoms with van der Waals surface area (Å²) >= 11 is 0. The molecule has 1 aromatic carbocycles. The van der Waals surface area contributed by atoms with Crippen LogP contribution in [0.3, 0.4) is 0 Å². The molecule has 5 nitrogen and oxygen atoms in total. The van der Waals surface area contributed by atoms with Gasteiger partial charge in [0.1, 0.15) is 5.75 Å². The van der Waals surface area contributed by atoms with E-state index in [1.54, 1.807) is 19.2 Å². The van der Waals surface area contributed by atoms with E-state index < -0.39 is 0 Å². The van der Waals surface area contributed by atoms with E-state index in [2.05, 4.69) is 31.4 Å². The van der Waals surface area contributed by atoms with Gasteiger partial charge < -0.3 is 21.1 Å². The number of carbonyl (C=O) groups excluding carboxylic acids is 1. The number of amides is 2. The molecule has 0 aromatic heterocycles. The summed E-state index contributed by atoms with van der Waals surface area (Å²) in [5.41, 5.74) is 6.83. The van der Waals surface area contributed by atoms with Crippen molar-refractivity contribution in [3.63, 3.8) is 0 Å². The van der Waals surface area contributed by atoms with Crippen LogP contribution >= 0.6 is 0 Å². The molecule has 2 amide bonds. The van der Waals surface area contributed by atoms with Crippen LogP contribution in [0.5, 0.6) is 5.75 Å². The minimum absolute atomic E-state index is 0.0499. The fraction of sp³-hybridized carbons (Fsp3) is 0.533. The minimum Gasteiger partial charge on any atom is -0.497 e. The number of urea groups is 1. The molecular formula is C15H25N3O2. The molecule has 1 rings (SSSR count). The van der Waals surface area contributed by atoms with Crippen molar-refractivity contribution >= 4 is 11.7 Å². The summed E-state index contributed by atoms with van der Waals surface area (Å²) in [6.45, 7) is 6.84. The maximum Gasteiger partial charge on any atom is 0.319 e. The summed E-state index contributed by atoms with van der Waals surface area (Å²) in [5.74, 6) is 0.701. The van der Waals surface area contributed by atoms with Crippen LogP contribution in [-0.4, -0.2) is 25.7 Å². The summed E-state index contributed by atoms with van der Waals surface area (Å²) in [5, 5.41) is 5.52. The second kappa shape index (κ2) is 7.14. The lowest BCUT2D eigenvalue weighted by Gasteiger charge is -2.23. The molecule has 0 aliphatic heterocycles. The van der Waals surface area contributed by atoms with Crippen molar-refractivity contribution < 1.29 is 9.53 Å². The normalized spacial score (nSPS) is 12.7. The van der Waals surface area contributed by atoms with E-state index in [-0.39, 0.29) is 17.5 Å². The average Bonchev–Trinajstić information content (AvgIpc) is 2.34. The fourth-order valence-electron chi connectivity index (χ4n) is 1.96. The van der Waals surface area contributed by atoms with Crippen LogP contribution in [-0.2, 0) is 0 Å². The maximum atomic E-state index is 11.8. The smallest absolute Gasteiger partial charge is 0.319 e. The van der Waals surface area contributed by atoms with E-state index >= 15 is 0 Å². The fourth-order valence-corrected chi connectivity index (χ4v) is 1.96. The van der Waals surface area contributed by atoms with Gasteiger partial charge in [-0.1, -0.05) is 26.8 Å². The number of rotatable bonds is 5. The summed E-state index contributed by atoms with van der Waals surface area (Å²) in [6, 6.07) is 6.89. The summed E-state index contributed by atoms with van der Waals surface area (Å²) in [6.07, 6.45) is 0.854. The summed E-state index contributed by atoms with van der Waals surface area (Å²) in [7, 11) is 1.59. The number of anilines is 1. The molecule has 1 atom stereocenters. The molecule has 0 aliphatic rings. The number of methoxy groups -OCH3 is 1. The Balaban J connectivity index is 2.40. The van der Waals surface area contributed by atoms with Crippen molar-refractivity contribution in [3.05, 3.63) is 24.3 Å². The predicted molar refractivity (Wildman–Crippen MR) is 82.1 cm³/mol. The van der Waals surface area contributed by atoms with Crippen molar-refractivity contribution in [3.8, 4) is 5.75 Å². The van der Waals surface area contributed by atoms with E-state index in [0.29, 0.717) is 18.0 Å². The lowest BCUT2D eigenvalue weighted by molar-refractivity contribution is 0.249. The zero-order valence-electron chi connectivity index (χ0n) is 12.7. The number of nitrogens with two attached hydrogens (primary N) is 1. The van der Waals surface area contributed by atoms with E-state index in [4.69, 9.17) is 10.5 Å². The third kappa shape index (κ3) is 6.43. The second-order valence-electron chi connectivity index (χ2n) is 6.09. The second-order valence-corrected chi connectivity index (χ2v) is 6.09. The summed E-state index contributed by atoms with van der Waals surface area (Å²) < 4.78 is 5.10. The van der Waals surface area contributed by atoms with Crippen LogP contribution in [0.4, 0.5) is 10.5 Å². The molecule has 0 saturated heterocycles. The highest BCUT2D eigenvalue weighted by Crippen LogP contribution is 2.19. The van der Waals surface area contributed by atoms with Crippen LogP contribution < -0.4 is 21.1 Å². The standard InChI is InChI=1S/C15H25N3O2/c1-15(2,3)9-11(16)10-17-14(19)18-12-6-5-7-13(8-12)20-4/h5-8,11H,9-10,16H2,1-4H3,(H2,17,18,19). The van der Waals surface area contributed by atoms with Crippen LogP contribution in [0.1, 0.15) is 27.2 Å². The van der Waals surface area contributed by atoms with Gasteiger partial charge >= 0.3 is 6.03 Å². The zero-order valence-corrected chi connectivity index (χ0v) is 12.7. The highest BCUT2D eigenvalue weighted by atomic mass is 16.5. The first-order valence-electron chi connectivity index (χ1n) is 6.74. The van der Waals surface area contributed by atoms with Gasteiger partial charge in [0.05, 0.1) is 7.11 Å². The van der Waals surface area contributed by atoms with Gasteiger partial charge in [-0.15, -0.1) is 0 Å². The topological polar surface area (TPSA) is 76.4 Å². The molecule has 112 valence electrons. The third-order valence-corrected chi connectivity index (χ3v) is 2.73. The largest absolute Gasteiger partial charge is 0.497 e. The Morgan fingerprint density at radius 2 is 2.10 bits per heavy atom. The molecule has 0 saturated carbocycles. The zero-order chi connectivity index (χ0) is 15.2. The van der Waals surface area contributed by atoms with Gasteiger partial charge in [0.2, 0.25) is 0 Å². The molecule has 1 aromatic rings. The van der Waals surface area contributed by atoms with Gasteiger partial charge in [-0.2, -0.15) is 0 Å². The summed E-state index contributed by atoms with van der Waals surface area (Å²) in [4.78, 5) is 11.8. The van der Waals surface area contributed by atoms with Crippen LogP contribution in [0.2, 0.25) is 0 Å². The highest BCUT2D eigenvalue weighted by Gasteiger charge is 2.16. The van der Waals surface area contributed by atoms with E-state index in [1.807, 2.05) is 12.1 Å². The Kier molecular flexibility index (Phi) is 5.82. The first-order chi connectivity index (χ1) is 9.30. The first-order valence-corrected chi connectivity index (χ1v) is 6.74. The molecule has 4 N–H and O–H groups in total. The van der Waals surface area contributed by atoms with E-state index in [9.17, 15) is 4.79 Å². The van der Waals surface area contributed by atoms with E-state index in [0.717, 1.165) is 6.42 Å². The number of hydrogen-bond acceptors (Lipinski definition) is 3. The maximum absolute atomic E-state index is 11.8. The molecule has 0 bridgehead atoms. The Morgan fingerprint density at radius 3 is 2.70 bits per heavy atom. The minimum atomic E-state index is -0.261. The molecule has 20 heavy (non-hydrogen) atoms. The van der Waals surface area contributed by atoms with Crippen LogP contribution in [0.15, 0.2) is 24.3 Å². The van der Waals surface area contributed by atoms with Gasteiger partial charge in [-0.25, -0.2) is 4.79 Å². The Hall–Kier alpha value is -1.75. The highest BCUT2D eigenvalue weighted by molar-refractivity contribution is 5.89. The molecular weight excluding hydrogens is 254 g/mol. The predicted octanol–water partition coefficient (Wildman–Crippen LogP) is 2.58. The molecule has 0 heterocycles. The van der Waals surface area contributed by atoms with Crippen LogP contribution in [0, 0.1) is 5.41 Å². The van der Waals surface area contributed by atoms with Crippen molar-refractivity contribution in [2.75, 3.05) is 19.0 Å². The number of hydrogen-bond donors (Lipinski definition) is 3. The molecule has 0 radical (unpaired) electrons. The van der Waals surface area contributed by atoms with Crippen LogP contribution in [0.25, 0.3) is 0 Å². The lowest BCUT2D eigenvalue weighted by Crippen LogP contribution is -2.41. The number of ether oxygens (including phenoxy) is 1. The lowest BCUT2D eigenvalue weighted by atomic mass is 9.88. The Labute approximate surface area is 120 Å². The van der Waals surface area contributed by atoms with Gasteiger partial charge in [-0.05, 0) is 24.0 Å². The quantitative estimate of drug-likeness (QED) is 0.775. The molecule has 0 spiro atoms. The van der Waals surface area contributed by atoms with Gasteiger partial charge in [0.25, 0.3) is 0 Å². The van der Waals surface area contributed by atoms with Gasteiger partial charge in [0.15, 0.2) is 0 Å². The number of benzene rings is 1. The third-order valence-electron chi connectivity index (χ3n) is 2.73. The van der Waals surface area contributed by atoms with Gasteiger partial charge in [0, 0.05) is 24.3 Å². The molecule has 1 unspecified atom stereocenters. The number of carbonyl (C=O) groups is 1. The van der Waals surface area contributed by atoms with E-state index in [1.165, 1.54) is 0 Å². The Morgan fingerprint density at radius 1 is 1.40 bits per heavy atom. The van der Waals surface area contributed by atoms with Crippen molar-refractivity contribution in [2.45, 2.75) is 33.2 Å². The monoisotopic (exact) mass is 279 g/mol. The van der Waals surface area contributed by atoms with Crippen molar-refractivity contribution in [1.82, 2.24) is 5.32 Å². The molecule has 0 fully saturated rings. The van der Waals surface area contributed by atoms with Crippen molar-refractivity contribution in [2.24, 2.45) is 11.1 Å². The Bertz CT molecular complexity index is 441. The molecule has 5 heteroatoms. The SMILES string of the molecule is COc1cccc(NC(=O)NCC(N)CC(C)(C)C)c1. The molecule has 0 aliphatic carbocycles. The first kappa shape index (κ1) is 16.3. The van der Waals surface area contributed by atoms with Crippen molar-refractivity contribution in [1.29, 1.82) is 0 Å². The number of nitrogens with one attached hydrogen (secondary N) is 2.